The predicted octanol–water partition coefficient (Wildman–Crippen LogP) is 6.48. The fraction of sp³-hybridized carbons (Fsp3) is 0.500. The molecule has 2 aromatic carbocycles. The van der Waals surface area contributed by atoms with Gasteiger partial charge in [-0.1, -0.05) is 43.9 Å². The van der Waals surface area contributed by atoms with Crippen molar-refractivity contribution in [3.8, 4) is 17.0 Å². The van der Waals surface area contributed by atoms with Crippen LogP contribution in [-0.4, -0.2) is 46.8 Å². The first-order chi connectivity index (χ1) is 17.2. The van der Waals surface area contributed by atoms with Crippen LogP contribution in [0.25, 0.3) is 22.2 Å². The number of fused-ring (bicyclic) bond motifs is 5. The molecule has 0 unspecified atom stereocenters. The largest absolute Gasteiger partial charge is 0.491 e. The van der Waals surface area contributed by atoms with E-state index in [0.717, 1.165) is 30.8 Å². The van der Waals surface area contributed by atoms with E-state index in [1.807, 2.05) is 6.07 Å². The molecule has 1 aliphatic carbocycles. The number of aromatic nitrogens is 1. The maximum absolute atomic E-state index is 11.8. The van der Waals surface area contributed by atoms with Crippen molar-refractivity contribution in [2.24, 2.45) is 0 Å². The van der Waals surface area contributed by atoms with Crippen molar-refractivity contribution in [3.05, 3.63) is 53.1 Å². The molecule has 0 radical (unpaired) electrons. The minimum absolute atomic E-state index is 0.355. The molecule has 184 valence electrons. The first kappa shape index (κ1) is 22.7. The van der Waals surface area contributed by atoms with E-state index < -0.39 is 5.97 Å². The van der Waals surface area contributed by atoms with E-state index in [4.69, 9.17) is 4.74 Å². The van der Waals surface area contributed by atoms with Crippen LogP contribution in [-0.2, 0) is 13.0 Å². The van der Waals surface area contributed by atoms with Gasteiger partial charge >= 0.3 is 5.97 Å². The molecule has 3 heterocycles. The molecule has 1 saturated heterocycles. The lowest BCUT2D eigenvalue weighted by molar-refractivity contribution is 0.0697. The van der Waals surface area contributed by atoms with Crippen LogP contribution in [0, 0.1) is 0 Å². The van der Waals surface area contributed by atoms with Crippen LogP contribution in [0.3, 0.4) is 0 Å². The Bertz CT molecular complexity index is 1230. The molecule has 35 heavy (non-hydrogen) atoms. The summed E-state index contributed by atoms with van der Waals surface area (Å²) in [5.41, 5.74) is 6.56. The Morgan fingerprint density at radius 3 is 2.57 bits per heavy atom. The molecule has 0 amide bonds. The Balaban J connectivity index is 1.48. The second-order valence-electron chi connectivity index (χ2n) is 10.6. The summed E-state index contributed by atoms with van der Waals surface area (Å²) < 4.78 is 8.83. The zero-order valence-corrected chi connectivity index (χ0v) is 20.6. The number of benzene rings is 2. The SMILES string of the molecule is O=C(O)c1ccc2c(C3CCCCC3)c3n(c2c1)CCOc1c(CCN2CCCCC2)cccc1-3. The lowest BCUT2D eigenvalue weighted by Gasteiger charge is -2.27. The van der Waals surface area contributed by atoms with Crippen molar-refractivity contribution in [3.63, 3.8) is 0 Å². The number of ether oxygens (including phenoxy) is 1. The third-order valence-electron chi connectivity index (χ3n) is 8.42. The number of carbonyl (C=O) groups is 1. The number of likely N-dealkylation sites (tertiary alicyclic amines) is 1. The van der Waals surface area contributed by atoms with Gasteiger partial charge in [-0.3, -0.25) is 0 Å². The molecular formula is C30H36N2O3. The Morgan fingerprint density at radius 2 is 1.77 bits per heavy atom. The van der Waals surface area contributed by atoms with E-state index in [2.05, 4.69) is 33.7 Å². The van der Waals surface area contributed by atoms with Gasteiger partial charge in [0, 0.05) is 23.0 Å². The van der Waals surface area contributed by atoms with Crippen molar-refractivity contribution in [2.45, 2.75) is 70.3 Å². The van der Waals surface area contributed by atoms with Gasteiger partial charge in [0.2, 0.25) is 0 Å². The van der Waals surface area contributed by atoms with Crippen LogP contribution < -0.4 is 4.74 Å². The fourth-order valence-corrected chi connectivity index (χ4v) is 6.68. The van der Waals surface area contributed by atoms with Crippen LogP contribution in [0.2, 0.25) is 0 Å². The van der Waals surface area contributed by atoms with E-state index in [0.29, 0.717) is 18.1 Å². The molecular weight excluding hydrogens is 436 g/mol. The molecule has 1 saturated carbocycles. The topological polar surface area (TPSA) is 54.7 Å². The van der Waals surface area contributed by atoms with Gasteiger partial charge in [-0.25, -0.2) is 4.79 Å². The quantitative estimate of drug-likeness (QED) is 0.462. The van der Waals surface area contributed by atoms with E-state index in [9.17, 15) is 9.90 Å². The standard InChI is InChI=1S/C30H36N2O3/c33-30(34)23-12-13-24-26(20-23)32-18-19-35-29-22(14-17-31-15-5-2-6-16-31)10-7-11-25(29)28(32)27(24)21-8-3-1-4-9-21/h7,10-13,20-21H,1-6,8-9,14-19H2,(H,33,34). The van der Waals surface area contributed by atoms with Gasteiger partial charge in [0.15, 0.2) is 0 Å². The highest BCUT2D eigenvalue weighted by atomic mass is 16.5. The Morgan fingerprint density at radius 1 is 0.971 bits per heavy atom. The summed E-state index contributed by atoms with van der Waals surface area (Å²) in [7, 11) is 0. The number of carboxylic acids is 1. The van der Waals surface area contributed by atoms with Gasteiger partial charge in [-0.05, 0) is 80.4 Å². The summed E-state index contributed by atoms with van der Waals surface area (Å²) >= 11 is 0. The van der Waals surface area contributed by atoms with Crippen LogP contribution >= 0.6 is 0 Å². The molecule has 0 atom stereocenters. The van der Waals surface area contributed by atoms with Crippen molar-refractivity contribution in [1.29, 1.82) is 0 Å². The zero-order chi connectivity index (χ0) is 23.8. The molecule has 0 bridgehead atoms. The molecule has 2 aliphatic heterocycles. The van der Waals surface area contributed by atoms with Crippen LogP contribution in [0.15, 0.2) is 36.4 Å². The van der Waals surface area contributed by atoms with Crippen LogP contribution in [0.4, 0.5) is 0 Å². The third-order valence-corrected chi connectivity index (χ3v) is 8.42. The summed E-state index contributed by atoms with van der Waals surface area (Å²) in [4.78, 5) is 14.4. The predicted molar refractivity (Wildman–Crippen MR) is 140 cm³/mol. The maximum Gasteiger partial charge on any atom is 0.335 e. The molecule has 5 heteroatoms. The smallest absolute Gasteiger partial charge is 0.335 e. The van der Waals surface area contributed by atoms with Crippen molar-refractivity contribution in [2.75, 3.05) is 26.2 Å². The zero-order valence-electron chi connectivity index (χ0n) is 20.6. The second-order valence-corrected chi connectivity index (χ2v) is 10.6. The van der Waals surface area contributed by atoms with Gasteiger partial charge in [0.05, 0.1) is 17.8 Å². The molecule has 1 N–H and O–H groups in total. The number of aromatic carboxylic acids is 1. The highest BCUT2D eigenvalue weighted by Crippen LogP contribution is 2.48. The molecule has 1 aromatic heterocycles. The highest BCUT2D eigenvalue weighted by molar-refractivity contribution is 5.99. The van der Waals surface area contributed by atoms with E-state index in [1.54, 1.807) is 6.07 Å². The minimum Gasteiger partial charge on any atom is -0.491 e. The van der Waals surface area contributed by atoms with Crippen molar-refractivity contribution in [1.82, 2.24) is 9.47 Å². The summed E-state index contributed by atoms with van der Waals surface area (Å²) in [5, 5.41) is 10.9. The number of piperidine rings is 1. The molecule has 6 rings (SSSR count). The Hall–Kier alpha value is -2.79. The van der Waals surface area contributed by atoms with Crippen molar-refractivity contribution >= 4 is 16.9 Å². The summed E-state index contributed by atoms with van der Waals surface area (Å²) in [6.45, 7) is 4.84. The van der Waals surface area contributed by atoms with Gasteiger partial charge in [-0.15, -0.1) is 0 Å². The molecule has 0 spiro atoms. The van der Waals surface area contributed by atoms with E-state index in [1.165, 1.54) is 92.2 Å². The van der Waals surface area contributed by atoms with Crippen LogP contribution in [0.1, 0.15) is 78.8 Å². The second kappa shape index (κ2) is 9.69. The number of rotatable bonds is 5. The third kappa shape index (κ3) is 4.24. The monoisotopic (exact) mass is 472 g/mol. The first-order valence-electron chi connectivity index (χ1n) is 13.6. The maximum atomic E-state index is 11.8. The van der Waals surface area contributed by atoms with Gasteiger partial charge in [-0.2, -0.15) is 0 Å². The fourth-order valence-electron chi connectivity index (χ4n) is 6.68. The number of para-hydroxylation sites is 1. The first-order valence-corrected chi connectivity index (χ1v) is 13.6. The van der Waals surface area contributed by atoms with Gasteiger partial charge < -0.3 is 19.3 Å². The van der Waals surface area contributed by atoms with E-state index in [-0.39, 0.29) is 0 Å². The van der Waals surface area contributed by atoms with Gasteiger partial charge in [0.25, 0.3) is 0 Å². The van der Waals surface area contributed by atoms with Gasteiger partial charge in [0.1, 0.15) is 12.4 Å². The number of hydrogen-bond acceptors (Lipinski definition) is 3. The minimum atomic E-state index is -0.869. The lowest BCUT2D eigenvalue weighted by atomic mass is 9.81. The molecule has 3 aliphatic rings. The molecule has 3 aromatic rings. The highest BCUT2D eigenvalue weighted by Gasteiger charge is 2.30. The molecule has 2 fully saturated rings. The lowest BCUT2D eigenvalue weighted by Crippen LogP contribution is -2.31. The summed E-state index contributed by atoms with van der Waals surface area (Å²) in [6.07, 6.45) is 11.2. The van der Waals surface area contributed by atoms with Crippen LogP contribution in [0.5, 0.6) is 5.75 Å². The summed E-state index contributed by atoms with van der Waals surface area (Å²) in [6, 6.07) is 12.4. The Kier molecular flexibility index (Phi) is 6.28. The average molecular weight is 473 g/mol. The van der Waals surface area contributed by atoms with Crippen molar-refractivity contribution < 1.29 is 14.6 Å². The molecule has 5 nitrogen and oxygen atoms in total. The average Bonchev–Trinajstić information content (AvgIpc) is 3.09. The summed E-state index contributed by atoms with van der Waals surface area (Å²) in [5.74, 6) is 0.689. The number of nitrogens with zero attached hydrogens (tertiary/aromatic N) is 2. The Labute approximate surface area is 207 Å². The van der Waals surface area contributed by atoms with E-state index >= 15 is 0 Å². The number of carboxylic acid groups (broad SMARTS) is 1. The number of hydrogen-bond donors (Lipinski definition) is 1. The normalized spacial score (nSPS) is 19.1.